The molecule has 2 aliphatic rings. The molecule has 1 aromatic heterocycles. The SMILES string of the molecule is C1=Cc2c(c3ccccc3n2C2=CCC(N(c3ccccc3)c3ccc(-c4ccccc4)cc3)C=C2)CC1. The van der Waals surface area contributed by atoms with Gasteiger partial charge in [-0.05, 0) is 78.4 Å². The van der Waals surface area contributed by atoms with Gasteiger partial charge in [0.15, 0.2) is 0 Å². The number of hydrogen-bond acceptors (Lipinski definition) is 1. The van der Waals surface area contributed by atoms with Crippen molar-refractivity contribution in [1.29, 1.82) is 0 Å². The maximum atomic E-state index is 2.46. The zero-order chi connectivity index (χ0) is 25.3. The van der Waals surface area contributed by atoms with Gasteiger partial charge in [0.05, 0.1) is 11.6 Å². The summed E-state index contributed by atoms with van der Waals surface area (Å²) in [6.45, 7) is 0. The Kier molecular flexibility index (Phi) is 5.79. The van der Waals surface area contributed by atoms with Crippen LogP contribution in [0.3, 0.4) is 0 Å². The Morgan fingerprint density at radius 3 is 2.11 bits per heavy atom. The monoisotopic (exact) mass is 490 g/mol. The predicted octanol–water partition coefficient (Wildman–Crippen LogP) is 9.28. The molecule has 0 saturated heterocycles. The third kappa shape index (κ3) is 3.99. The van der Waals surface area contributed by atoms with Gasteiger partial charge in [0.2, 0.25) is 0 Å². The molecule has 0 amide bonds. The van der Waals surface area contributed by atoms with E-state index in [-0.39, 0.29) is 6.04 Å². The van der Waals surface area contributed by atoms with E-state index in [4.69, 9.17) is 0 Å². The van der Waals surface area contributed by atoms with Crippen molar-refractivity contribution >= 4 is 34.1 Å². The second-order valence-electron chi connectivity index (χ2n) is 10.1. The summed E-state index contributed by atoms with van der Waals surface area (Å²) in [4.78, 5) is 2.46. The van der Waals surface area contributed by atoms with E-state index in [1.54, 1.807) is 0 Å². The molecule has 7 rings (SSSR count). The summed E-state index contributed by atoms with van der Waals surface area (Å²) in [5.74, 6) is 0. The van der Waals surface area contributed by atoms with E-state index in [2.05, 4.69) is 149 Å². The third-order valence-corrected chi connectivity index (χ3v) is 7.79. The molecule has 184 valence electrons. The lowest BCUT2D eigenvalue weighted by Gasteiger charge is -2.33. The molecule has 0 bridgehead atoms. The fourth-order valence-corrected chi connectivity index (χ4v) is 5.99. The van der Waals surface area contributed by atoms with Crippen molar-refractivity contribution in [1.82, 2.24) is 4.57 Å². The van der Waals surface area contributed by atoms with Crippen molar-refractivity contribution in [2.45, 2.75) is 25.3 Å². The average molecular weight is 491 g/mol. The lowest BCUT2D eigenvalue weighted by molar-refractivity contribution is 0.782. The van der Waals surface area contributed by atoms with E-state index in [1.807, 2.05) is 0 Å². The van der Waals surface area contributed by atoms with E-state index in [1.165, 1.54) is 50.4 Å². The van der Waals surface area contributed by atoms with Crippen LogP contribution in [0.25, 0.3) is 33.8 Å². The second-order valence-corrected chi connectivity index (χ2v) is 10.1. The molecule has 0 N–H and O–H groups in total. The number of nitrogens with zero attached hydrogens (tertiary/aromatic N) is 2. The molecule has 1 atom stereocenters. The number of anilines is 2. The molecule has 1 heterocycles. The van der Waals surface area contributed by atoms with Crippen molar-refractivity contribution in [3.8, 4) is 11.1 Å². The minimum Gasteiger partial charge on any atom is -0.334 e. The number of aromatic nitrogens is 1. The van der Waals surface area contributed by atoms with E-state index >= 15 is 0 Å². The maximum absolute atomic E-state index is 2.46. The minimum absolute atomic E-state index is 0.233. The zero-order valence-corrected chi connectivity index (χ0v) is 21.4. The van der Waals surface area contributed by atoms with Gasteiger partial charge in [0.1, 0.15) is 0 Å². The van der Waals surface area contributed by atoms with E-state index in [0.717, 1.165) is 19.3 Å². The molecule has 2 heteroatoms. The Labute approximate surface area is 224 Å². The Bertz CT molecular complexity index is 1670. The highest BCUT2D eigenvalue weighted by Crippen LogP contribution is 2.37. The van der Waals surface area contributed by atoms with Crippen LogP contribution in [-0.4, -0.2) is 10.6 Å². The molecule has 1 unspecified atom stereocenters. The highest BCUT2D eigenvalue weighted by Gasteiger charge is 2.23. The Morgan fingerprint density at radius 2 is 1.34 bits per heavy atom. The summed E-state index contributed by atoms with van der Waals surface area (Å²) in [5.41, 5.74) is 10.3. The fourth-order valence-electron chi connectivity index (χ4n) is 5.99. The van der Waals surface area contributed by atoms with Crippen LogP contribution >= 0.6 is 0 Å². The number of aryl methyl sites for hydroxylation is 1. The van der Waals surface area contributed by atoms with Crippen LogP contribution in [-0.2, 0) is 6.42 Å². The van der Waals surface area contributed by atoms with Gasteiger partial charge in [-0.25, -0.2) is 0 Å². The summed E-state index contributed by atoms with van der Waals surface area (Å²) in [7, 11) is 0. The third-order valence-electron chi connectivity index (χ3n) is 7.79. The van der Waals surface area contributed by atoms with Crippen LogP contribution in [0.2, 0.25) is 0 Å². The number of rotatable bonds is 5. The van der Waals surface area contributed by atoms with Gasteiger partial charge >= 0.3 is 0 Å². The lowest BCUT2D eigenvalue weighted by Crippen LogP contribution is -2.30. The van der Waals surface area contributed by atoms with E-state index in [0.29, 0.717) is 0 Å². The first-order chi connectivity index (χ1) is 18.9. The van der Waals surface area contributed by atoms with Gasteiger partial charge < -0.3 is 9.47 Å². The molecule has 4 aromatic carbocycles. The number of allylic oxidation sites excluding steroid dienone is 3. The van der Waals surface area contributed by atoms with Crippen molar-refractivity contribution in [3.63, 3.8) is 0 Å². The molecule has 0 fully saturated rings. The topological polar surface area (TPSA) is 8.17 Å². The predicted molar refractivity (Wildman–Crippen MR) is 162 cm³/mol. The van der Waals surface area contributed by atoms with Crippen LogP contribution in [0, 0.1) is 0 Å². The Morgan fingerprint density at radius 1 is 0.658 bits per heavy atom. The minimum atomic E-state index is 0.233. The summed E-state index contributed by atoms with van der Waals surface area (Å²) in [5, 5.41) is 1.38. The van der Waals surface area contributed by atoms with Gasteiger partial charge in [-0.3, -0.25) is 0 Å². The molecule has 2 nitrogen and oxygen atoms in total. The van der Waals surface area contributed by atoms with Crippen molar-refractivity contribution < 1.29 is 0 Å². The van der Waals surface area contributed by atoms with Crippen molar-refractivity contribution in [2.24, 2.45) is 0 Å². The maximum Gasteiger partial charge on any atom is 0.0561 e. The van der Waals surface area contributed by atoms with Crippen LogP contribution in [0.4, 0.5) is 11.4 Å². The highest BCUT2D eigenvalue weighted by molar-refractivity contribution is 5.93. The Hall–Kier alpha value is -4.56. The molecular formula is C36H30N2. The highest BCUT2D eigenvalue weighted by atomic mass is 15.2. The zero-order valence-electron chi connectivity index (χ0n) is 21.4. The normalized spacial score (nSPS) is 16.3. The summed E-state index contributed by atoms with van der Waals surface area (Å²) in [6, 6.07) is 39.4. The Balaban J connectivity index is 1.24. The van der Waals surface area contributed by atoms with Crippen LogP contribution in [0.5, 0.6) is 0 Å². The van der Waals surface area contributed by atoms with E-state index in [9.17, 15) is 0 Å². The van der Waals surface area contributed by atoms with Crippen LogP contribution < -0.4 is 4.90 Å². The summed E-state index contributed by atoms with van der Waals surface area (Å²) < 4.78 is 2.45. The van der Waals surface area contributed by atoms with Gasteiger partial charge in [-0.1, -0.05) is 97.1 Å². The lowest BCUT2D eigenvalue weighted by atomic mass is 10.0. The van der Waals surface area contributed by atoms with Crippen LogP contribution in [0.1, 0.15) is 24.1 Å². The van der Waals surface area contributed by atoms with Gasteiger partial charge in [0, 0.05) is 28.2 Å². The fraction of sp³-hybridized carbons (Fsp3) is 0.111. The first-order valence-corrected chi connectivity index (χ1v) is 13.5. The average Bonchev–Trinajstić information content (AvgIpc) is 3.34. The number of para-hydroxylation sites is 2. The number of hydrogen-bond donors (Lipinski definition) is 0. The second kappa shape index (κ2) is 9.72. The molecule has 0 spiro atoms. The molecule has 0 radical (unpaired) electrons. The molecule has 5 aromatic rings. The van der Waals surface area contributed by atoms with Gasteiger partial charge in [-0.2, -0.15) is 0 Å². The standard InChI is InChI=1S/C36H30N2/c1-3-11-27(12-4-1)28-19-21-30(22-20-28)37(29-13-5-2-6-14-29)31-23-25-32(26-24-31)38-35-17-9-7-15-33(35)34-16-8-10-18-36(34)38/h1-7,9-15,17-23,25-26,31H,8,16,24H2. The van der Waals surface area contributed by atoms with Crippen molar-refractivity contribution in [2.75, 3.05) is 4.90 Å². The van der Waals surface area contributed by atoms with Crippen LogP contribution in [0.15, 0.2) is 133 Å². The molecule has 38 heavy (non-hydrogen) atoms. The quantitative estimate of drug-likeness (QED) is 0.238. The van der Waals surface area contributed by atoms with E-state index < -0.39 is 0 Å². The number of fused-ring (bicyclic) bond motifs is 3. The summed E-state index contributed by atoms with van der Waals surface area (Å²) in [6.07, 6.45) is 14.9. The van der Waals surface area contributed by atoms with Gasteiger partial charge in [-0.15, -0.1) is 0 Å². The first kappa shape index (κ1) is 22.6. The molecule has 0 saturated carbocycles. The summed E-state index contributed by atoms with van der Waals surface area (Å²) >= 11 is 0. The molecular weight excluding hydrogens is 460 g/mol. The first-order valence-electron chi connectivity index (χ1n) is 13.5. The molecule has 2 aliphatic carbocycles. The number of benzene rings is 4. The molecule has 0 aliphatic heterocycles. The largest absolute Gasteiger partial charge is 0.334 e. The van der Waals surface area contributed by atoms with Crippen molar-refractivity contribution in [3.05, 3.63) is 145 Å². The smallest absolute Gasteiger partial charge is 0.0561 e. The van der Waals surface area contributed by atoms with Gasteiger partial charge in [0.25, 0.3) is 0 Å².